The molecule has 3 amide bonds. The van der Waals surface area contributed by atoms with E-state index >= 15 is 0 Å². The first-order chi connectivity index (χ1) is 8.19. The Hall–Kier alpha value is -1.79. The Morgan fingerprint density at radius 2 is 2.00 bits per heavy atom. The smallest absolute Gasteiger partial charge is 0.326 e. The van der Waals surface area contributed by atoms with E-state index in [1.807, 2.05) is 0 Å². The molecule has 1 heterocycles. The Morgan fingerprint density at radius 3 is 2.39 bits per heavy atom. The number of nitrogens with zero attached hydrogens (tertiary/aromatic N) is 2. The minimum absolute atomic E-state index is 0.234. The summed E-state index contributed by atoms with van der Waals surface area (Å²) in [6.07, 6.45) is 0.503. The molecule has 1 aliphatic rings. The Balaban J connectivity index is 2.71. The van der Waals surface area contributed by atoms with Crippen molar-refractivity contribution in [3.63, 3.8) is 0 Å². The molecule has 0 bridgehead atoms. The summed E-state index contributed by atoms with van der Waals surface area (Å²) in [6, 6.07) is -1.30. The number of likely N-dealkylation sites (tertiary alicyclic amines) is 1. The van der Waals surface area contributed by atoms with Crippen molar-refractivity contribution >= 4 is 17.9 Å². The van der Waals surface area contributed by atoms with Crippen LogP contribution >= 0.6 is 0 Å². The highest BCUT2D eigenvalue weighted by molar-refractivity contribution is 5.85. The second-order valence-electron chi connectivity index (χ2n) is 5.00. The van der Waals surface area contributed by atoms with Crippen LogP contribution in [0.2, 0.25) is 0 Å². The number of hydrogen-bond acceptors (Lipinski definition) is 3. The lowest BCUT2D eigenvalue weighted by Crippen LogP contribution is -2.48. The van der Waals surface area contributed by atoms with Gasteiger partial charge in [-0.2, -0.15) is 0 Å². The summed E-state index contributed by atoms with van der Waals surface area (Å²) in [6.45, 7) is 3.79. The Bertz CT molecular complexity index is 384. The van der Waals surface area contributed by atoms with Crippen molar-refractivity contribution in [3.05, 3.63) is 0 Å². The lowest BCUT2D eigenvalue weighted by Gasteiger charge is -2.28. The first kappa shape index (κ1) is 14.3. The number of urea groups is 1. The number of carboxylic acids is 1. The molecular weight excluding hydrogens is 238 g/mol. The first-order valence-corrected chi connectivity index (χ1v) is 5.73. The van der Waals surface area contributed by atoms with Crippen molar-refractivity contribution in [1.29, 1.82) is 0 Å². The molecule has 1 fully saturated rings. The van der Waals surface area contributed by atoms with E-state index < -0.39 is 29.4 Å². The molecule has 2 atom stereocenters. The van der Waals surface area contributed by atoms with Gasteiger partial charge in [0, 0.05) is 20.1 Å². The topological polar surface area (TPSA) is 104 Å². The van der Waals surface area contributed by atoms with E-state index in [2.05, 4.69) is 0 Å². The number of rotatable bonds is 3. The largest absolute Gasteiger partial charge is 0.480 e. The molecular formula is C11H19N3O4. The zero-order chi connectivity index (χ0) is 14.1. The van der Waals surface area contributed by atoms with Crippen molar-refractivity contribution in [3.8, 4) is 0 Å². The molecule has 1 rings (SSSR count). The van der Waals surface area contributed by atoms with E-state index in [0.717, 1.165) is 4.90 Å². The maximum absolute atomic E-state index is 12.0. The van der Waals surface area contributed by atoms with Crippen LogP contribution in [0.25, 0.3) is 0 Å². The van der Waals surface area contributed by atoms with Crippen molar-refractivity contribution in [2.24, 2.45) is 11.1 Å². The third-order valence-electron chi connectivity index (χ3n) is 3.58. The van der Waals surface area contributed by atoms with E-state index in [1.165, 1.54) is 18.9 Å². The second-order valence-corrected chi connectivity index (χ2v) is 5.00. The molecule has 0 aliphatic carbocycles. The van der Waals surface area contributed by atoms with Gasteiger partial charge in [0.2, 0.25) is 5.91 Å². The van der Waals surface area contributed by atoms with Crippen LogP contribution in [0.5, 0.6) is 0 Å². The summed E-state index contributed by atoms with van der Waals surface area (Å²) in [5.74, 6) is -1.51. The van der Waals surface area contributed by atoms with Crippen LogP contribution in [0.1, 0.15) is 20.3 Å². The summed E-state index contributed by atoms with van der Waals surface area (Å²) in [4.78, 5) is 36.7. The van der Waals surface area contributed by atoms with Gasteiger partial charge in [0.25, 0.3) is 0 Å². The van der Waals surface area contributed by atoms with Crippen LogP contribution in [0, 0.1) is 5.41 Å². The van der Waals surface area contributed by atoms with Gasteiger partial charge in [-0.05, 0) is 20.3 Å². The standard InChI is InChI=1S/C11H19N3O4/c1-7(8(15)16)13(3)10(18)14-5-4-11(2,6-14)9(12)17/h7H,4-6H2,1-3H3,(H2,12,17)(H,15,16). The average molecular weight is 257 g/mol. The maximum atomic E-state index is 12.0. The highest BCUT2D eigenvalue weighted by Gasteiger charge is 2.42. The highest BCUT2D eigenvalue weighted by atomic mass is 16.4. The fourth-order valence-electron chi connectivity index (χ4n) is 1.88. The average Bonchev–Trinajstić information content (AvgIpc) is 2.70. The third-order valence-corrected chi connectivity index (χ3v) is 3.58. The van der Waals surface area contributed by atoms with E-state index in [-0.39, 0.29) is 6.54 Å². The van der Waals surface area contributed by atoms with Crippen molar-refractivity contribution in [1.82, 2.24) is 9.80 Å². The SMILES string of the molecule is CC(C(=O)O)N(C)C(=O)N1CCC(C)(C(N)=O)C1. The van der Waals surface area contributed by atoms with E-state index in [9.17, 15) is 14.4 Å². The molecule has 1 saturated heterocycles. The van der Waals surface area contributed by atoms with Crippen molar-refractivity contribution < 1.29 is 19.5 Å². The van der Waals surface area contributed by atoms with Crippen LogP contribution in [-0.4, -0.2) is 59.0 Å². The fourth-order valence-corrected chi connectivity index (χ4v) is 1.88. The number of nitrogens with two attached hydrogens (primary N) is 1. The van der Waals surface area contributed by atoms with E-state index in [1.54, 1.807) is 6.92 Å². The Labute approximate surface area is 106 Å². The zero-order valence-corrected chi connectivity index (χ0v) is 10.8. The minimum Gasteiger partial charge on any atom is -0.480 e. The summed E-state index contributed by atoms with van der Waals surface area (Å²) in [5, 5.41) is 8.85. The molecule has 102 valence electrons. The lowest BCUT2D eigenvalue weighted by molar-refractivity contribution is -0.141. The van der Waals surface area contributed by atoms with Gasteiger partial charge in [0.05, 0.1) is 5.41 Å². The summed E-state index contributed by atoms with van der Waals surface area (Å²) >= 11 is 0. The van der Waals surface area contributed by atoms with Gasteiger partial charge < -0.3 is 20.6 Å². The number of carboxylic acid groups (broad SMARTS) is 1. The van der Waals surface area contributed by atoms with Crippen LogP contribution in [0.3, 0.4) is 0 Å². The van der Waals surface area contributed by atoms with Crippen molar-refractivity contribution in [2.45, 2.75) is 26.3 Å². The highest BCUT2D eigenvalue weighted by Crippen LogP contribution is 2.30. The molecule has 0 spiro atoms. The van der Waals surface area contributed by atoms with Gasteiger partial charge in [-0.15, -0.1) is 0 Å². The Morgan fingerprint density at radius 1 is 1.44 bits per heavy atom. The zero-order valence-electron chi connectivity index (χ0n) is 10.8. The van der Waals surface area contributed by atoms with Crippen LogP contribution in [0.4, 0.5) is 4.79 Å². The minimum atomic E-state index is -1.07. The second kappa shape index (κ2) is 4.83. The molecule has 0 saturated carbocycles. The monoisotopic (exact) mass is 257 g/mol. The number of carbonyl (C=O) groups excluding carboxylic acids is 2. The molecule has 7 heteroatoms. The summed E-state index contributed by atoms with van der Waals surface area (Å²) < 4.78 is 0. The molecule has 7 nitrogen and oxygen atoms in total. The van der Waals surface area contributed by atoms with Gasteiger partial charge >= 0.3 is 12.0 Å². The van der Waals surface area contributed by atoms with Crippen LogP contribution in [-0.2, 0) is 9.59 Å². The van der Waals surface area contributed by atoms with E-state index in [0.29, 0.717) is 13.0 Å². The molecule has 2 unspecified atom stereocenters. The molecule has 3 N–H and O–H groups in total. The number of primary amides is 1. The lowest BCUT2D eigenvalue weighted by atomic mass is 9.89. The molecule has 18 heavy (non-hydrogen) atoms. The Kier molecular flexibility index (Phi) is 3.83. The fraction of sp³-hybridized carbons (Fsp3) is 0.727. The number of likely N-dealkylation sites (N-methyl/N-ethyl adjacent to an activating group) is 1. The van der Waals surface area contributed by atoms with Gasteiger partial charge in [0.1, 0.15) is 6.04 Å². The number of aliphatic carboxylic acids is 1. The number of hydrogen-bond donors (Lipinski definition) is 2. The normalized spacial score (nSPS) is 24.7. The van der Waals surface area contributed by atoms with Crippen LogP contribution in [0.15, 0.2) is 0 Å². The molecule has 0 aromatic rings. The van der Waals surface area contributed by atoms with Gasteiger partial charge in [0.15, 0.2) is 0 Å². The molecule has 0 aromatic heterocycles. The van der Waals surface area contributed by atoms with Gasteiger partial charge in [-0.1, -0.05) is 0 Å². The third kappa shape index (κ3) is 2.55. The number of amides is 3. The van der Waals surface area contributed by atoms with Crippen LogP contribution < -0.4 is 5.73 Å². The first-order valence-electron chi connectivity index (χ1n) is 5.73. The molecule has 1 aliphatic heterocycles. The van der Waals surface area contributed by atoms with E-state index in [4.69, 9.17) is 10.8 Å². The summed E-state index contributed by atoms with van der Waals surface area (Å²) in [7, 11) is 1.43. The molecule has 0 radical (unpaired) electrons. The predicted octanol–water partition coefficient (Wildman–Crippen LogP) is -0.291. The maximum Gasteiger partial charge on any atom is 0.326 e. The predicted molar refractivity (Wildman–Crippen MR) is 63.7 cm³/mol. The quantitative estimate of drug-likeness (QED) is 0.724. The van der Waals surface area contributed by atoms with Crippen molar-refractivity contribution in [2.75, 3.05) is 20.1 Å². The van der Waals surface area contributed by atoms with Gasteiger partial charge in [-0.3, -0.25) is 4.79 Å². The number of carbonyl (C=O) groups is 3. The van der Waals surface area contributed by atoms with Gasteiger partial charge in [-0.25, -0.2) is 9.59 Å². The summed E-state index contributed by atoms with van der Waals surface area (Å²) in [5.41, 5.74) is 4.57. The molecule has 0 aromatic carbocycles.